The number of aromatic nitrogens is 4. The molecule has 3 heterocycles. The molecule has 1 aromatic carbocycles. The van der Waals surface area contributed by atoms with Crippen molar-refractivity contribution in [3.63, 3.8) is 0 Å². The van der Waals surface area contributed by atoms with Crippen molar-refractivity contribution in [2.75, 3.05) is 11.1 Å². The van der Waals surface area contributed by atoms with E-state index in [1.807, 2.05) is 24.3 Å². The molecule has 0 saturated carbocycles. The van der Waals surface area contributed by atoms with Gasteiger partial charge in [-0.2, -0.15) is 0 Å². The third-order valence-corrected chi connectivity index (χ3v) is 4.97. The molecule has 3 aromatic heterocycles. The number of carbonyl (C=O) groups excluding carboxylic acids is 1. The first-order valence-corrected chi connectivity index (χ1v) is 9.10. The maximum Gasteiger partial charge on any atom is 0.277 e. The average molecular weight is 369 g/mol. The molecule has 0 fully saturated rings. The Labute approximate surface area is 150 Å². The van der Waals surface area contributed by atoms with Gasteiger partial charge in [0.25, 0.3) is 5.22 Å². The second kappa shape index (κ2) is 6.99. The van der Waals surface area contributed by atoms with Crippen LogP contribution in [0.5, 0.6) is 0 Å². The minimum absolute atomic E-state index is 0.161. The van der Waals surface area contributed by atoms with Gasteiger partial charge >= 0.3 is 0 Å². The van der Waals surface area contributed by atoms with Crippen LogP contribution in [0.2, 0.25) is 0 Å². The molecule has 0 aliphatic rings. The van der Waals surface area contributed by atoms with Crippen LogP contribution in [0.4, 0.5) is 5.13 Å². The van der Waals surface area contributed by atoms with Crippen molar-refractivity contribution >= 4 is 44.4 Å². The maximum atomic E-state index is 12.1. The van der Waals surface area contributed by atoms with E-state index in [2.05, 4.69) is 25.5 Å². The fraction of sp³-hybridized carbons (Fsp3) is 0.0625. The van der Waals surface area contributed by atoms with Crippen molar-refractivity contribution in [2.45, 2.75) is 5.22 Å². The van der Waals surface area contributed by atoms with Gasteiger partial charge in [0.2, 0.25) is 11.8 Å². The predicted molar refractivity (Wildman–Crippen MR) is 96.5 cm³/mol. The summed E-state index contributed by atoms with van der Waals surface area (Å²) in [6, 6.07) is 11.3. The summed E-state index contributed by atoms with van der Waals surface area (Å²) in [5.41, 5.74) is 1.66. The molecule has 0 unspecified atom stereocenters. The summed E-state index contributed by atoms with van der Waals surface area (Å²) in [5.74, 6) is 0.387. The Morgan fingerprint density at radius 3 is 2.84 bits per heavy atom. The molecule has 4 aromatic rings. The molecule has 0 saturated heterocycles. The number of carbonyl (C=O) groups is 1. The average Bonchev–Trinajstić information content (AvgIpc) is 3.27. The normalized spacial score (nSPS) is 10.9. The Bertz CT molecular complexity index is 982. The number of thiazole rings is 1. The van der Waals surface area contributed by atoms with Crippen molar-refractivity contribution in [2.24, 2.45) is 0 Å². The first-order chi connectivity index (χ1) is 12.3. The summed E-state index contributed by atoms with van der Waals surface area (Å²) in [7, 11) is 0. The molecule has 0 spiro atoms. The largest absolute Gasteiger partial charge is 0.411 e. The number of rotatable bonds is 5. The van der Waals surface area contributed by atoms with E-state index in [4.69, 9.17) is 4.42 Å². The van der Waals surface area contributed by atoms with Crippen molar-refractivity contribution in [1.29, 1.82) is 0 Å². The molecule has 7 nitrogen and oxygen atoms in total. The standard InChI is InChI=1S/C16H11N5O2S2/c22-13(19-15-18-11-3-1-2-4-12(11)25-15)9-24-16-21-20-14(23-16)10-5-7-17-8-6-10/h1-8H,9H2,(H,18,19,22). The van der Waals surface area contributed by atoms with Crippen LogP contribution < -0.4 is 5.32 Å². The minimum atomic E-state index is -0.173. The Morgan fingerprint density at radius 2 is 2.00 bits per heavy atom. The molecule has 1 N–H and O–H groups in total. The van der Waals surface area contributed by atoms with Gasteiger partial charge in [0.05, 0.1) is 16.0 Å². The molecular formula is C16H11N5O2S2. The molecule has 1 amide bonds. The van der Waals surface area contributed by atoms with E-state index in [-0.39, 0.29) is 11.7 Å². The summed E-state index contributed by atoms with van der Waals surface area (Å²) in [4.78, 5) is 20.4. The Balaban J connectivity index is 1.36. The molecule has 0 atom stereocenters. The lowest BCUT2D eigenvalue weighted by atomic mass is 10.3. The highest BCUT2D eigenvalue weighted by molar-refractivity contribution is 7.99. The SMILES string of the molecule is O=C(CSc1nnc(-c2ccncc2)o1)Nc1nc2ccccc2s1. The van der Waals surface area contributed by atoms with Crippen LogP contribution in [0.15, 0.2) is 58.4 Å². The summed E-state index contributed by atoms with van der Waals surface area (Å²) in [5, 5.41) is 11.6. The number of hydrogen-bond acceptors (Lipinski definition) is 8. The Morgan fingerprint density at radius 1 is 1.16 bits per heavy atom. The lowest BCUT2D eigenvalue weighted by Crippen LogP contribution is -2.13. The highest BCUT2D eigenvalue weighted by Crippen LogP contribution is 2.26. The molecule has 25 heavy (non-hydrogen) atoms. The Kier molecular flexibility index (Phi) is 4.40. The van der Waals surface area contributed by atoms with Crippen molar-refractivity contribution in [3.8, 4) is 11.5 Å². The number of nitrogens with zero attached hydrogens (tertiary/aromatic N) is 4. The van der Waals surface area contributed by atoms with E-state index in [9.17, 15) is 4.79 Å². The van der Waals surface area contributed by atoms with Crippen LogP contribution in [0, 0.1) is 0 Å². The molecule has 0 aliphatic carbocycles. The van der Waals surface area contributed by atoms with Crippen LogP contribution in [0.1, 0.15) is 0 Å². The zero-order valence-electron chi connectivity index (χ0n) is 12.7. The van der Waals surface area contributed by atoms with Gasteiger partial charge in [-0.3, -0.25) is 9.78 Å². The van der Waals surface area contributed by atoms with Crippen molar-refractivity contribution in [3.05, 3.63) is 48.8 Å². The van der Waals surface area contributed by atoms with Gasteiger partial charge < -0.3 is 9.73 Å². The van der Waals surface area contributed by atoms with Crippen LogP contribution in [0.3, 0.4) is 0 Å². The third kappa shape index (κ3) is 3.67. The van der Waals surface area contributed by atoms with Crippen molar-refractivity contribution in [1.82, 2.24) is 20.2 Å². The summed E-state index contributed by atoms with van der Waals surface area (Å²) < 4.78 is 6.57. The number of nitrogens with one attached hydrogen (secondary N) is 1. The third-order valence-electron chi connectivity index (χ3n) is 3.20. The monoisotopic (exact) mass is 369 g/mol. The molecule has 0 aliphatic heterocycles. The van der Waals surface area contributed by atoms with E-state index < -0.39 is 0 Å². The smallest absolute Gasteiger partial charge is 0.277 e. The van der Waals surface area contributed by atoms with Gasteiger partial charge in [-0.25, -0.2) is 4.98 Å². The van der Waals surface area contributed by atoms with Crippen LogP contribution >= 0.6 is 23.1 Å². The molecule has 124 valence electrons. The molecule has 4 rings (SSSR count). The summed E-state index contributed by atoms with van der Waals surface area (Å²) in [6.45, 7) is 0. The number of thioether (sulfide) groups is 1. The molecule has 0 bridgehead atoms. The van der Waals surface area contributed by atoms with E-state index in [0.717, 1.165) is 15.8 Å². The van der Waals surface area contributed by atoms with Crippen LogP contribution in [-0.4, -0.2) is 31.8 Å². The van der Waals surface area contributed by atoms with Gasteiger partial charge in [0.1, 0.15) is 0 Å². The van der Waals surface area contributed by atoms with E-state index in [1.165, 1.54) is 23.1 Å². The topological polar surface area (TPSA) is 93.8 Å². The maximum absolute atomic E-state index is 12.1. The first kappa shape index (κ1) is 15.7. The van der Waals surface area contributed by atoms with E-state index in [0.29, 0.717) is 16.2 Å². The number of para-hydroxylation sites is 1. The zero-order chi connectivity index (χ0) is 17.1. The van der Waals surface area contributed by atoms with Gasteiger partial charge in [0, 0.05) is 18.0 Å². The van der Waals surface area contributed by atoms with E-state index >= 15 is 0 Å². The summed E-state index contributed by atoms with van der Waals surface area (Å²) >= 11 is 2.62. The quantitative estimate of drug-likeness (QED) is 0.538. The number of anilines is 1. The second-order valence-electron chi connectivity index (χ2n) is 4.93. The van der Waals surface area contributed by atoms with E-state index in [1.54, 1.807) is 24.5 Å². The van der Waals surface area contributed by atoms with Crippen molar-refractivity contribution < 1.29 is 9.21 Å². The number of benzene rings is 1. The molecule has 9 heteroatoms. The Hall–Kier alpha value is -2.78. The highest BCUT2D eigenvalue weighted by atomic mass is 32.2. The molecular weight excluding hydrogens is 358 g/mol. The van der Waals surface area contributed by atoms with Gasteiger partial charge in [-0.1, -0.05) is 35.2 Å². The number of pyridine rings is 1. The predicted octanol–water partition coefficient (Wildman–Crippen LogP) is 3.47. The minimum Gasteiger partial charge on any atom is -0.411 e. The highest BCUT2D eigenvalue weighted by Gasteiger charge is 2.12. The lowest BCUT2D eigenvalue weighted by Gasteiger charge is -1.98. The fourth-order valence-electron chi connectivity index (χ4n) is 2.09. The zero-order valence-corrected chi connectivity index (χ0v) is 14.4. The number of hydrogen-bond donors (Lipinski definition) is 1. The van der Waals surface area contributed by atoms with Gasteiger partial charge in [-0.15, -0.1) is 10.2 Å². The first-order valence-electron chi connectivity index (χ1n) is 7.30. The second-order valence-corrected chi connectivity index (χ2v) is 6.89. The molecule has 0 radical (unpaired) electrons. The van der Waals surface area contributed by atoms with Gasteiger partial charge in [0.15, 0.2) is 5.13 Å². The fourth-order valence-corrected chi connectivity index (χ4v) is 3.53. The number of fused-ring (bicyclic) bond motifs is 1. The summed E-state index contributed by atoms with van der Waals surface area (Å²) in [6.07, 6.45) is 3.30. The number of amides is 1. The van der Waals surface area contributed by atoms with Crippen LogP contribution in [0.25, 0.3) is 21.7 Å². The van der Waals surface area contributed by atoms with Gasteiger partial charge in [-0.05, 0) is 24.3 Å². The lowest BCUT2D eigenvalue weighted by molar-refractivity contribution is -0.113. The van der Waals surface area contributed by atoms with Crippen LogP contribution in [-0.2, 0) is 4.79 Å².